The maximum Gasteiger partial charge on any atom is 0.229 e. The van der Waals surface area contributed by atoms with Crippen molar-refractivity contribution in [2.24, 2.45) is 5.73 Å². The molecule has 2 bridgehead atoms. The Hall–Kier alpha value is -3.83. The fourth-order valence-electron chi connectivity index (χ4n) is 5.81. The Morgan fingerprint density at radius 1 is 1.11 bits per heavy atom. The van der Waals surface area contributed by atoms with E-state index in [0.29, 0.717) is 17.3 Å². The molecule has 4 aromatic rings. The number of pyridine rings is 3. The first-order chi connectivity index (χ1) is 17.9. The van der Waals surface area contributed by atoms with Gasteiger partial charge in [0.1, 0.15) is 5.82 Å². The van der Waals surface area contributed by atoms with E-state index < -0.39 is 5.41 Å². The molecular weight excluding hydrogens is 470 g/mol. The quantitative estimate of drug-likeness (QED) is 0.419. The standard InChI is InChI=1S/C26H29N9O2/c1-28-23-19-8-29-21(26(5-6-26)25(27)36)7-18(19)20(9-30-23)24-31-22-4-3-15(10-35(22)32-24)34-13-16-11-33(2)12-17(14-34)37-16/h3-4,7-10,16-17H,5-6,11-14H2,1-2H3,(H2,27,36)(H,28,30). The first-order valence-corrected chi connectivity index (χ1v) is 12.7. The van der Waals surface area contributed by atoms with E-state index in [1.165, 1.54) is 0 Å². The van der Waals surface area contributed by atoms with Gasteiger partial charge in [-0.3, -0.25) is 9.78 Å². The number of fused-ring (bicyclic) bond motifs is 4. The average Bonchev–Trinajstić information content (AvgIpc) is 3.60. The van der Waals surface area contributed by atoms with E-state index >= 15 is 0 Å². The highest BCUT2D eigenvalue weighted by Crippen LogP contribution is 2.48. The Labute approximate surface area is 213 Å². The maximum absolute atomic E-state index is 12.2. The van der Waals surface area contributed by atoms with Gasteiger partial charge in [-0.15, -0.1) is 5.10 Å². The third-order valence-electron chi connectivity index (χ3n) is 7.91. The summed E-state index contributed by atoms with van der Waals surface area (Å²) >= 11 is 0. The number of likely N-dealkylation sites (N-methyl/N-ethyl adjacent to an activating group) is 1. The van der Waals surface area contributed by atoms with Gasteiger partial charge in [0.05, 0.1) is 35.2 Å². The van der Waals surface area contributed by atoms with Crippen LogP contribution in [0.1, 0.15) is 18.5 Å². The van der Waals surface area contributed by atoms with Crippen molar-refractivity contribution in [1.29, 1.82) is 0 Å². The van der Waals surface area contributed by atoms with Crippen molar-refractivity contribution in [2.45, 2.75) is 30.5 Å². The zero-order chi connectivity index (χ0) is 25.3. The molecule has 3 N–H and O–H groups in total. The summed E-state index contributed by atoms with van der Waals surface area (Å²) in [5, 5.41) is 9.69. The van der Waals surface area contributed by atoms with Crippen LogP contribution < -0.4 is 16.0 Å². The molecule has 1 amide bonds. The van der Waals surface area contributed by atoms with Crippen molar-refractivity contribution < 1.29 is 9.53 Å². The van der Waals surface area contributed by atoms with Gasteiger partial charge in [-0.2, -0.15) is 0 Å². The highest BCUT2D eigenvalue weighted by atomic mass is 16.5. The van der Waals surface area contributed by atoms with Gasteiger partial charge >= 0.3 is 0 Å². The van der Waals surface area contributed by atoms with E-state index in [2.05, 4.69) is 38.2 Å². The second-order valence-electron chi connectivity index (χ2n) is 10.5. The first-order valence-electron chi connectivity index (χ1n) is 12.7. The summed E-state index contributed by atoms with van der Waals surface area (Å²) in [5.41, 5.74) is 8.38. The van der Waals surface area contributed by atoms with E-state index in [-0.39, 0.29) is 18.1 Å². The van der Waals surface area contributed by atoms with E-state index in [1.807, 2.05) is 29.9 Å². The molecule has 1 saturated carbocycles. The molecule has 11 heteroatoms. The number of aromatic nitrogens is 5. The van der Waals surface area contributed by atoms with Crippen molar-refractivity contribution in [2.75, 3.05) is 50.5 Å². The number of morpholine rings is 2. The molecule has 0 aromatic carbocycles. The molecule has 0 radical (unpaired) electrons. The topological polar surface area (TPSA) is 127 Å². The summed E-state index contributed by atoms with van der Waals surface area (Å²) in [6.07, 6.45) is 7.42. The molecule has 37 heavy (non-hydrogen) atoms. The fourth-order valence-corrected chi connectivity index (χ4v) is 5.81. The molecule has 11 nitrogen and oxygen atoms in total. The molecule has 4 aromatic heterocycles. The Morgan fingerprint density at radius 3 is 2.59 bits per heavy atom. The molecular formula is C26H29N9O2. The predicted molar refractivity (Wildman–Crippen MR) is 140 cm³/mol. The van der Waals surface area contributed by atoms with Crippen LogP contribution in [0.3, 0.4) is 0 Å². The smallest absolute Gasteiger partial charge is 0.229 e. The second kappa shape index (κ2) is 8.09. The Balaban J connectivity index is 1.28. The van der Waals surface area contributed by atoms with Gasteiger partial charge in [0.15, 0.2) is 11.5 Å². The van der Waals surface area contributed by atoms with E-state index in [4.69, 9.17) is 20.6 Å². The van der Waals surface area contributed by atoms with Gasteiger partial charge in [-0.1, -0.05) is 0 Å². The molecule has 190 valence electrons. The van der Waals surface area contributed by atoms with Crippen LogP contribution in [0.5, 0.6) is 0 Å². The first kappa shape index (κ1) is 22.4. The van der Waals surface area contributed by atoms with Crippen LogP contribution in [-0.4, -0.2) is 87.9 Å². The second-order valence-corrected chi connectivity index (χ2v) is 10.5. The molecule has 3 fully saturated rings. The summed E-state index contributed by atoms with van der Waals surface area (Å²) in [4.78, 5) is 30.9. The minimum absolute atomic E-state index is 0.209. The average molecular weight is 500 g/mol. The number of nitrogens with two attached hydrogens (primary N) is 1. The fraction of sp³-hybridized carbons (Fsp3) is 0.423. The molecule has 2 aliphatic heterocycles. The lowest BCUT2D eigenvalue weighted by molar-refractivity contribution is -0.120. The molecule has 3 aliphatic rings. The largest absolute Gasteiger partial charge is 0.373 e. The molecule has 7 rings (SSSR count). The van der Waals surface area contributed by atoms with Gasteiger partial charge in [0.25, 0.3) is 0 Å². The number of ether oxygens (including phenoxy) is 1. The Kier molecular flexibility index (Phi) is 4.89. The van der Waals surface area contributed by atoms with E-state index in [9.17, 15) is 4.79 Å². The van der Waals surface area contributed by atoms with Crippen LogP contribution in [0.25, 0.3) is 27.8 Å². The van der Waals surface area contributed by atoms with Crippen molar-refractivity contribution in [3.63, 3.8) is 0 Å². The summed E-state index contributed by atoms with van der Waals surface area (Å²) in [5.74, 6) is 0.941. The summed E-state index contributed by atoms with van der Waals surface area (Å²) in [6, 6.07) is 6.05. The van der Waals surface area contributed by atoms with Gasteiger partial charge in [0, 0.05) is 62.0 Å². The van der Waals surface area contributed by atoms with Gasteiger partial charge in [0.2, 0.25) is 5.91 Å². The molecule has 2 atom stereocenters. The van der Waals surface area contributed by atoms with Gasteiger partial charge < -0.3 is 25.6 Å². The van der Waals surface area contributed by atoms with Gasteiger partial charge in [-0.05, 0) is 38.1 Å². The lowest BCUT2D eigenvalue weighted by Crippen LogP contribution is -2.58. The van der Waals surface area contributed by atoms with Crippen molar-refractivity contribution >= 4 is 33.8 Å². The molecule has 2 unspecified atom stereocenters. The number of amides is 1. The number of carbonyl (C=O) groups is 1. The minimum Gasteiger partial charge on any atom is -0.373 e. The number of primary amides is 1. The molecule has 2 saturated heterocycles. The number of nitrogens with zero attached hydrogens (tertiary/aromatic N) is 7. The van der Waals surface area contributed by atoms with E-state index in [1.54, 1.807) is 12.4 Å². The number of hydrogen-bond acceptors (Lipinski definition) is 9. The number of carbonyl (C=O) groups excluding carboxylic acids is 1. The Morgan fingerprint density at radius 2 is 1.89 bits per heavy atom. The number of anilines is 2. The zero-order valence-corrected chi connectivity index (χ0v) is 20.9. The SMILES string of the molecule is CNc1ncc(-c2nc3ccc(N4CC5CN(C)CC(C4)O5)cn3n2)c2cc(C3(C(N)=O)CC3)ncc12. The minimum atomic E-state index is -0.680. The maximum atomic E-state index is 12.2. The van der Waals surface area contributed by atoms with Crippen LogP contribution in [-0.2, 0) is 14.9 Å². The Bertz CT molecular complexity index is 1530. The van der Waals surface area contributed by atoms with Crippen molar-refractivity contribution in [1.82, 2.24) is 29.5 Å². The molecule has 0 spiro atoms. The lowest BCUT2D eigenvalue weighted by atomic mass is 9.97. The monoisotopic (exact) mass is 499 g/mol. The third-order valence-corrected chi connectivity index (χ3v) is 7.91. The van der Waals surface area contributed by atoms with Crippen molar-refractivity contribution in [3.05, 3.63) is 42.5 Å². The number of nitrogens with one attached hydrogen (secondary N) is 1. The molecule has 1 aliphatic carbocycles. The van der Waals surface area contributed by atoms with Crippen LogP contribution in [0.4, 0.5) is 11.5 Å². The van der Waals surface area contributed by atoms with Crippen LogP contribution >= 0.6 is 0 Å². The van der Waals surface area contributed by atoms with Gasteiger partial charge in [-0.25, -0.2) is 14.5 Å². The third kappa shape index (κ3) is 3.60. The predicted octanol–water partition coefficient (Wildman–Crippen LogP) is 1.42. The summed E-state index contributed by atoms with van der Waals surface area (Å²) < 4.78 is 7.97. The number of hydrogen-bond donors (Lipinski definition) is 2. The zero-order valence-electron chi connectivity index (χ0n) is 20.9. The van der Waals surface area contributed by atoms with Crippen LogP contribution in [0.15, 0.2) is 36.8 Å². The normalized spacial score (nSPS) is 22.9. The van der Waals surface area contributed by atoms with Crippen molar-refractivity contribution in [3.8, 4) is 11.4 Å². The highest BCUT2D eigenvalue weighted by Gasteiger charge is 2.51. The van der Waals surface area contributed by atoms with Crippen LogP contribution in [0.2, 0.25) is 0 Å². The summed E-state index contributed by atoms with van der Waals surface area (Å²) in [7, 11) is 3.98. The van der Waals surface area contributed by atoms with E-state index in [0.717, 1.165) is 66.7 Å². The lowest BCUT2D eigenvalue weighted by Gasteiger charge is -2.45. The summed E-state index contributed by atoms with van der Waals surface area (Å²) in [6.45, 7) is 3.59. The molecule has 6 heterocycles. The van der Waals surface area contributed by atoms with Crippen LogP contribution in [0, 0.1) is 0 Å². The number of rotatable bonds is 5. The highest BCUT2D eigenvalue weighted by molar-refractivity contribution is 6.01.